The summed E-state index contributed by atoms with van der Waals surface area (Å²) in [6.45, 7) is 12.2. The molecule has 0 bridgehead atoms. The van der Waals surface area contributed by atoms with Gasteiger partial charge in [0.1, 0.15) is 6.67 Å². The fraction of sp³-hybridized carbons (Fsp3) is 0.967. The van der Waals surface area contributed by atoms with E-state index in [1.54, 1.807) is 0 Å². The summed E-state index contributed by atoms with van der Waals surface area (Å²) in [5.41, 5.74) is 1.01. The molecule has 4 rings (SSSR count). The van der Waals surface area contributed by atoms with Crippen LogP contribution in [0.3, 0.4) is 0 Å². The number of halogens is 1. The molecule has 196 valence electrons. The van der Waals surface area contributed by atoms with Crippen molar-refractivity contribution in [2.24, 2.45) is 52.3 Å². The maximum absolute atomic E-state index is 12.4. The van der Waals surface area contributed by atoms with Gasteiger partial charge < -0.3 is 10.6 Å². The summed E-state index contributed by atoms with van der Waals surface area (Å²) in [6.07, 6.45) is 16.2. The lowest BCUT2D eigenvalue weighted by Gasteiger charge is -2.61. The van der Waals surface area contributed by atoms with Gasteiger partial charge in [-0.25, -0.2) is 9.18 Å². The Morgan fingerprint density at radius 2 is 1.68 bits per heavy atom. The minimum Gasteiger partial charge on any atom is -0.336 e. The van der Waals surface area contributed by atoms with Crippen molar-refractivity contribution in [3.63, 3.8) is 0 Å². The van der Waals surface area contributed by atoms with Gasteiger partial charge in [0, 0.05) is 12.6 Å². The lowest BCUT2D eigenvalue weighted by molar-refractivity contribution is -0.117. The van der Waals surface area contributed by atoms with E-state index in [2.05, 4.69) is 45.3 Å². The number of carbonyl (C=O) groups excluding carboxylic acids is 1. The fourth-order valence-electron chi connectivity index (χ4n) is 9.81. The normalized spacial score (nSPS) is 42.4. The Morgan fingerprint density at radius 1 is 0.941 bits per heavy atom. The Kier molecular flexibility index (Phi) is 8.24. The number of nitrogens with one attached hydrogen (secondary N) is 2. The van der Waals surface area contributed by atoms with Gasteiger partial charge in [-0.05, 0) is 110 Å². The molecule has 0 radical (unpaired) electrons. The number of urea groups is 1. The van der Waals surface area contributed by atoms with Crippen LogP contribution in [0.2, 0.25) is 0 Å². The first kappa shape index (κ1) is 26.3. The van der Waals surface area contributed by atoms with E-state index in [0.717, 1.165) is 54.3 Å². The Hall–Kier alpha value is -0.800. The smallest absolute Gasteiger partial charge is 0.315 e. The molecule has 0 spiro atoms. The van der Waals surface area contributed by atoms with Crippen molar-refractivity contribution in [2.75, 3.05) is 13.2 Å². The largest absolute Gasteiger partial charge is 0.336 e. The van der Waals surface area contributed by atoms with Crippen LogP contribution in [0.1, 0.15) is 112 Å². The molecule has 0 aromatic heterocycles. The molecule has 3 nitrogen and oxygen atoms in total. The van der Waals surface area contributed by atoms with Gasteiger partial charge in [0.05, 0.1) is 0 Å². The van der Waals surface area contributed by atoms with E-state index in [4.69, 9.17) is 0 Å². The van der Waals surface area contributed by atoms with E-state index < -0.39 is 6.67 Å². The van der Waals surface area contributed by atoms with Crippen molar-refractivity contribution in [2.45, 2.75) is 118 Å². The molecular weight excluding hydrogens is 423 g/mol. The predicted octanol–water partition coefficient (Wildman–Crippen LogP) is 7.75. The molecule has 9 atom stereocenters. The minimum absolute atomic E-state index is 0.112. The highest BCUT2D eigenvalue weighted by atomic mass is 19.1. The molecule has 2 N–H and O–H groups in total. The van der Waals surface area contributed by atoms with Crippen molar-refractivity contribution < 1.29 is 9.18 Å². The highest BCUT2D eigenvalue weighted by Gasteiger charge is 2.60. The van der Waals surface area contributed by atoms with Gasteiger partial charge in [0.15, 0.2) is 0 Å². The Morgan fingerprint density at radius 3 is 2.41 bits per heavy atom. The summed E-state index contributed by atoms with van der Waals surface area (Å²) in [5, 5.41) is 5.79. The number of alkyl halides is 1. The number of hydrogen-bond acceptors (Lipinski definition) is 1. The molecule has 4 heteroatoms. The number of carbonyl (C=O) groups is 1. The summed E-state index contributed by atoms with van der Waals surface area (Å²) in [4.78, 5) is 12.1. The van der Waals surface area contributed by atoms with Gasteiger partial charge in [-0.1, -0.05) is 53.9 Å². The van der Waals surface area contributed by atoms with Crippen LogP contribution in [0.15, 0.2) is 0 Å². The fourth-order valence-corrected chi connectivity index (χ4v) is 9.81. The molecule has 0 aromatic rings. The summed E-state index contributed by atoms with van der Waals surface area (Å²) >= 11 is 0. The lowest BCUT2D eigenvalue weighted by atomic mass is 9.44. The molecule has 0 aliphatic heterocycles. The van der Waals surface area contributed by atoms with E-state index in [-0.39, 0.29) is 18.6 Å². The van der Waals surface area contributed by atoms with Crippen molar-refractivity contribution in [3.8, 4) is 0 Å². The molecule has 0 aromatic carbocycles. The summed E-state index contributed by atoms with van der Waals surface area (Å²) in [6, 6.07) is 0.0681. The van der Waals surface area contributed by atoms with Crippen molar-refractivity contribution in [1.82, 2.24) is 10.6 Å². The zero-order valence-electron chi connectivity index (χ0n) is 22.8. The van der Waals surface area contributed by atoms with E-state index in [0.29, 0.717) is 10.8 Å². The topological polar surface area (TPSA) is 41.1 Å². The summed E-state index contributed by atoms with van der Waals surface area (Å²) < 4.78 is 12.4. The maximum Gasteiger partial charge on any atom is 0.315 e. The zero-order valence-corrected chi connectivity index (χ0v) is 22.8. The summed E-state index contributed by atoms with van der Waals surface area (Å²) in [7, 11) is 0. The van der Waals surface area contributed by atoms with Gasteiger partial charge >= 0.3 is 6.03 Å². The lowest BCUT2D eigenvalue weighted by Crippen LogP contribution is -2.56. The first-order valence-corrected chi connectivity index (χ1v) is 14.8. The highest BCUT2D eigenvalue weighted by molar-refractivity contribution is 5.74. The van der Waals surface area contributed by atoms with Gasteiger partial charge in [0.25, 0.3) is 0 Å². The Balaban J connectivity index is 1.38. The molecule has 4 aliphatic carbocycles. The predicted molar refractivity (Wildman–Crippen MR) is 139 cm³/mol. The van der Waals surface area contributed by atoms with Crippen molar-refractivity contribution in [3.05, 3.63) is 0 Å². The van der Waals surface area contributed by atoms with E-state index in [1.165, 1.54) is 64.2 Å². The first-order chi connectivity index (χ1) is 16.2. The molecule has 0 saturated heterocycles. The standard InChI is InChI=1S/C30H53FN2O/c1-20(2)7-6-8-21(3)25-11-12-26-24-10-9-22-19-23(33-28(34)32-18-17-31)13-15-29(22,4)27(24)14-16-30(25,26)5/h20-27H,6-19H2,1-5H3,(H2,32,33,34). The van der Waals surface area contributed by atoms with Crippen LogP contribution in [0.5, 0.6) is 0 Å². The monoisotopic (exact) mass is 476 g/mol. The molecule has 4 saturated carbocycles. The SMILES string of the molecule is CC(C)CCCC(C)C1CCC2C3CCC4CC(NC(=O)NCCF)CCC4(C)C3CCC12C. The summed E-state index contributed by atoms with van der Waals surface area (Å²) in [5.74, 6) is 6.10. The molecule has 9 unspecified atom stereocenters. The second-order valence-electron chi connectivity index (χ2n) is 13.7. The molecular formula is C30H53FN2O. The van der Waals surface area contributed by atoms with Crippen LogP contribution >= 0.6 is 0 Å². The first-order valence-electron chi connectivity index (χ1n) is 14.8. The van der Waals surface area contributed by atoms with Crippen LogP contribution < -0.4 is 10.6 Å². The van der Waals surface area contributed by atoms with E-state index in [9.17, 15) is 9.18 Å². The minimum atomic E-state index is -0.500. The van der Waals surface area contributed by atoms with Crippen LogP contribution in [-0.2, 0) is 0 Å². The third kappa shape index (κ3) is 5.03. The zero-order chi connectivity index (χ0) is 24.5. The molecule has 4 aliphatic rings. The molecule has 2 amide bonds. The molecule has 4 fully saturated rings. The average molecular weight is 477 g/mol. The number of fused-ring (bicyclic) bond motifs is 5. The van der Waals surface area contributed by atoms with Crippen molar-refractivity contribution in [1.29, 1.82) is 0 Å². The number of amides is 2. The second kappa shape index (κ2) is 10.7. The van der Waals surface area contributed by atoms with Gasteiger partial charge in [-0.2, -0.15) is 0 Å². The average Bonchev–Trinajstić information content (AvgIpc) is 3.15. The van der Waals surface area contributed by atoms with Crippen LogP contribution in [0.25, 0.3) is 0 Å². The van der Waals surface area contributed by atoms with Crippen LogP contribution in [-0.4, -0.2) is 25.3 Å². The third-order valence-electron chi connectivity index (χ3n) is 11.6. The quantitative estimate of drug-likeness (QED) is 0.369. The third-order valence-corrected chi connectivity index (χ3v) is 11.6. The second-order valence-corrected chi connectivity index (χ2v) is 13.7. The van der Waals surface area contributed by atoms with Gasteiger partial charge in [0.2, 0.25) is 0 Å². The maximum atomic E-state index is 12.4. The van der Waals surface area contributed by atoms with Gasteiger partial charge in [-0.15, -0.1) is 0 Å². The molecule has 0 heterocycles. The van der Waals surface area contributed by atoms with Crippen LogP contribution in [0.4, 0.5) is 9.18 Å². The number of rotatable bonds is 8. The Bertz CT molecular complexity index is 697. The number of hydrogen-bond donors (Lipinski definition) is 2. The van der Waals surface area contributed by atoms with Crippen molar-refractivity contribution >= 4 is 6.03 Å². The highest BCUT2D eigenvalue weighted by Crippen LogP contribution is 2.68. The van der Waals surface area contributed by atoms with Gasteiger partial charge in [-0.3, -0.25) is 0 Å². The Labute approximate surface area is 209 Å². The van der Waals surface area contributed by atoms with E-state index >= 15 is 0 Å². The molecule has 34 heavy (non-hydrogen) atoms. The van der Waals surface area contributed by atoms with Crippen LogP contribution in [0, 0.1) is 52.3 Å². The van der Waals surface area contributed by atoms with E-state index in [1.807, 2.05) is 0 Å².